The van der Waals surface area contributed by atoms with Gasteiger partial charge in [-0.15, -0.1) is 0 Å². The van der Waals surface area contributed by atoms with Crippen molar-refractivity contribution >= 4 is 47.1 Å². The smallest absolute Gasteiger partial charge is 0.444 e. The standard InChI is InChI=1S/C11H20Cl3N3O5/c1-7(16-8(18)20-10(2,3)4)5-6-15-17-22-9(19)21-11(12,13)14/h7,15,17H,5-6H2,1-4H3,(H,16,18). The molecule has 0 aliphatic carbocycles. The van der Waals surface area contributed by atoms with Crippen molar-refractivity contribution < 1.29 is 23.9 Å². The molecule has 0 radical (unpaired) electrons. The van der Waals surface area contributed by atoms with Crippen LogP contribution < -0.4 is 16.3 Å². The topological polar surface area (TPSA) is 97.9 Å². The number of carbonyl (C=O) groups excluding carboxylic acids is 2. The summed E-state index contributed by atoms with van der Waals surface area (Å²) in [5.74, 6) is 0. The summed E-state index contributed by atoms with van der Waals surface area (Å²) in [6.07, 6.45) is -1.18. The Morgan fingerprint density at radius 3 is 2.23 bits per heavy atom. The zero-order valence-corrected chi connectivity index (χ0v) is 14.9. The van der Waals surface area contributed by atoms with Crippen molar-refractivity contribution in [1.82, 2.24) is 16.3 Å². The van der Waals surface area contributed by atoms with E-state index in [1.165, 1.54) is 0 Å². The Balaban J connectivity index is 3.71. The van der Waals surface area contributed by atoms with Gasteiger partial charge in [0.15, 0.2) is 0 Å². The van der Waals surface area contributed by atoms with Crippen LogP contribution in [0.3, 0.4) is 0 Å². The molecule has 0 spiro atoms. The second-order valence-electron chi connectivity index (χ2n) is 5.26. The summed E-state index contributed by atoms with van der Waals surface area (Å²) >= 11 is 15.6. The fraction of sp³-hybridized carbons (Fsp3) is 0.818. The first-order valence-corrected chi connectivity index (χ1v) is 7.46. The van der Waals surface area contributed by atoms with Crippen molar-refractivity contribution in [2.45, 2.75) is 49.7 Å². The number of halogens is 3. The average molecular weight is 381 g/mol. The summed E-state index contributed by atoms with van der Waals surface area (Å²) in [6, 6.07) is -0.155. The van der Waals surface area contributed by atoms with Gasteiger partial charge in [-0.1, -0.05) is 5.59 Å². The molecule has 0 bridgehead atoms. The van der Waals surface area contributed by atoms with Crippen molar-refractivity contribution in [2.75, 3.05) is 6.54 Å². The lowest BCUT2D eigenvalue weighted by atomic mass is 10.2. The van der Waals surface area contributed by atoms with Gasteiger partial charge in [0.2, 0.25) is 0 Å². The van der Waals surface area contributed by atoms with E-state index < -0.39 is 21.8 Å². The molecule has 0 saturated heterocycles. The Hall–Kier alpha value is -0.670. The molecule has 1 amide bonds. The number of carbonyl (C=O) groups is 2. The van der Waals surface area contributed by atoms with Crippen LogP contribution in [0, 0.1) is 0 Å². The average Bonchev–Trinajstić information content (AvgIpc) is 2.22. The molecule has 0 saturated carbocycles. The summed E-state index contributed by atoms with van der Waals surface area (Å²) in [5.41, 5.74) is 4.12. The highest BCUT2D eigenvalue weighted by Gasteiger charge is 2.26. The predicted molar refractivity (Wildman–Crippen MR) is 82.4 cm³/mol. The lowest BCUT2D eigenvalue weighted by Gasteiger charge is -2.22. The van der Waals surface area contributed by atoms with Gasteiger partial charge in [-0.25, -0.2) is 15.0 Å². The highest BCUT2D eigenvalue weighted by atomic mass is 35.6. The molecular formula is C11H20Cl3N3O5. The summed E-state index contributed by atoms with van der Waals surface area (Å²) < 4.78 is 7.14. The van der Waals surface area contributed by atoms with E-state index in [4.69, 9.17) is 39.5 Å². The molecule has 11 heteroatoms. The molecule has 1 atom stereocenters. The molecule has 0 fully saturated rings. The normalized spacial score (nSPS) is 13.2. The molecule has 0 aromatic rings. The maximum atomic E-state index is 11.5. The zero-order chi connectivity index (χ0) is 17.4. The summed E-state index contributed by atoms with van der Waals surface area (Å²) in [7, 11) is 0. The zero-order valence-electron chi connectivity index (χ0n) is 12.7. The lowest BCUT2D eigenvalue weighted by molar-refractivity contribution is -0.00144. The number of hydrogen-bond acceptors (Lipinski definition) is 7. The fourth-order valence-corrected chi connectivity index (χ4v) is 1.30. The van der Waals surface area contributed by atoms with Gasteiger partial charge in [-0.05, 0) is 68.9 Å². The quantitative estimate of drug-likeness (QED) is 0.282. The number of rotatable bonds is 6. The molecule has 8 nitrogen and oxygen atoms in total. The van der Waals surface area contributed by atoms with Crippen molar-refractivity contribution in [3.05, 3.63) is 0 Å². The van der Waals surface area contributed by atoms with Crippen molar-refractivity contribution in [2.24, 2.45) is 0 Å². The summed E-state index contributed by atoms with van der Waals surface area (Å²) in [4.78, 5) is 26.8. The van der Waals surface area contributed by atoms with Gasteiger partial charge >= 0.3 is 16.2 Å². The number of alkyl carbamates (subject to hydrolysis) is 1. The summed E-state index contributed by atoms with van der Waals surface area (Å²) in [5, 5.41) is 2.65. The Bertz CT molecular complexity index is 371. The van der Waals surface area contributed by atoms with Gasteiger partial charge in [-0.3, -0.25) is 0 Å². The number of ether oxygens (including phenoxy) is 2. The van der Waals surface area contributed by atoms with E-state index >= 15 is 0 Å². The molecule has 1 unspecified atom stereocenters. The van der Waals surface area contributed by atoms with Gasteiger partial charge in [0, 0.05) is 12.6 Å². The third-order valence-corrected chi connectivity index (χ3v) is 2.10. The number of hydrogen-bond donors (Lipinski definition) is 3. The predicted octanol–water partition coefficient (Wildman–Crippen LogP) is 2.78. The monoisotopic (exact) mass is 379 g/mol. The van der Waals surface area contributed by atoms with Gasteiger partial charge in [-0.2, -0.15) is 0 Å². The highest BCUT2D eigenvalue weighted by Crippen LogP contribution is 2.27. The van der Waals surface area contributed by atoms with Crippen molar-refractivity contribution in [3.63, 3.8) is 0 Å². The van der Waals surface area contributed by atoms with Gasteiger partial charge in [0.25, 0.3) is 0 Å². The van der Waals surface area contributed by atoms with Crippen LogP contribution in [0.5, 0.6) is 0 Å². The number of nitrogens with one attached hydrogen (secondary N) is 3. The van der Waals surface area contributed by atoms with E-state index in [1.54, 1.807) is 27.7 Å². The van der Waals surface area contributed by atoms with Crippen LogP contribution in [0.1, 0.15) is 34.1 Å². The van der Waals surface area contributed by atoms with Gasteiger partial charge in [0.1, 0.15) is 5.60 Å². The molecule has 130 valence electrons. The number of amides is 1. The Kier molecular flexibility index (Phi) is 9.18. The first-order chi connectivity index (χ1) is 9.89. The minimum Gasteiger partial charge on any atom is -0.444 e. The van der Waals surface area contributed by atoms with Crippen LogP contribution in [0.25, 0.3) is 0 Å². The van der Waals surface area contributed by atoms with Crippen LogP contribution in [0.4, 0.5) is 9.59 Å². The van der Waals surface area contributed by atoms with E-state index in [1.807, 2.05) is 0 Å². The second-order valence-corrected chi connectivity index (χ2v) is 7.44. The maximum Gasteiger partial charge on any atom is 0.532 e. The SMILES string of the molecule is CC(CCNNOC(=O)OC(Cl)(Cl)Cl)NC(=O)OC(C)(C)C. The molecule has 0 aromatic heterocycles. The Labute approximate surface area is 144 Å². The number of alkyl halides is 3. The van der Waals surface area contributed by atoms with Crippen molar-refractivity contribution in [3.8, 4) is 0 Å². The first-order valence-electron chi connectivity index (χ1n) is 6.33. The van der Waals surface area contributed by atoms with E-state index in [0.29, 0.717) is 13.0 Å². The maximum absolute atomic E-state index is 11.5. The van der Waals surface area contributed by atoms with Crippen LogP contribution >= 0.6 is 34.8 Å². The van der Waals surface area contributed by atoms with Crippen LogP contribution in [-0.2, 0) is 14.3 Å². The third-order valence-electron chi connectivity index (χ3n) is 1.87. The van der Waals surface area contributed by atoms with E-state index in [9.17, 15) is 9.59 Å². The van der Waals surface area contributed by atoms with Crippen LogP contribution in [-0.4, -0.2) is 34.4 Å². The number of hydrazine groups is 1. The first kappa shape index (κ1) is 21.3. The molecule has 0 heterocycles. The molecule has 0 aliphatic rings. The van der Waals surface area contributed by atoms with Crippen LogP contribution in [0.2, 0.25) is 0 Å². The molecule has 3 N–H and O–H groups in total. The van der Waals surface area contributed by atoms with E-state index in [-0.39, 0.29) is 6.04 Å². The summed E-state index contributed by atoms with van der Waals surface area (Å²) in [6.45, 7) is 7.49. The Morgan fingerprint density at radius 1 is 1.14 bits per heavy atom. The van der Waals surface area contributed by atoms with Gasteiger partial charge < -0.3 is 19.6 Å². The van der Waals surface area contributed by atoms with E-state index in [0.717, 1.165) is 0 Å². The molecular weight excluding hydrogens is 360 g/mol. The van der Waals surface area contributed by atoms with Crippen molar-refractivity contribution in [1.29, 1.82) is 0 Å². The largest absolute Gasteiger partial charge is 0.532 e. The minimum atomic E-state index is -2.19. The second kappa shape index (κ2) is 9.46. The van der Waals surface area contributed by atoms with E-state index in [2.05, 4.69) is 25.9 Å². The molecule has 0 rings (SSSR count). The third kappa shape index (κ3) is 14.3. The fourth-order valence-electron chi connectivity index (χ4n) is 1.11. The van der Waals surface area contributed by atoms with Gasteiger partial charge in [0.05, 0.1) is 0 Å². The Morgan fingerprint density at radius 2 is 1.73 bits per heavy atom. The highest BCUT2D eigenvalue weighted by molar-refractivity contribution is 6.66. The minimum absolute atomic E-state index is 0.155. The van der Waals surface area contributed by atoms with Crippen LogP contribution in [0.15, 0.2) is 0 Å². The molecule has 0 aliphatic heterocycles. The lowest BCUT2D eigenvalue weighted by Crippen LogP contribution is -2.41. The molecule has 0 aromatic carbocycles. The molecule has 22 heavy (non-hydrogen) atoms.